The Hall–Kier alpha value is -2.10. The lowest BCUT2D eigenvalue weighted by Gasteiger charge is -2.30. The molecule has 4 aromatic carbocycles. The Morgan fingerprint density at radius 3 is 1.84 bits per heavy atom. The zero-order valence-corrected chi connectivity index (χ0v) is 25.7. The van der Waals surface area contributed by atoms with Crippen molar-refractivity contribution in [2.75, 3.05) is 0 Å². The molecule has 4 aromatic rings. The van der Waals surface area contributed by atoms with Gasteiger partial charge in [-0.05, 0) is 62.2 Å². The highest BCUT2D eigenvalue weighted by atomic mass is 79.9. The minimum absolute atomic E-state index is 0.0778. The summed E-state index contributed by atoms with van der Waals surface area (Å²) in [6.45, 7) is 11.0. The van der Waals surface area contributed by atoms with Crippen LogP contribution in [-0.2, 0) is 19.1 Å². The largest absolute Gasteiger partial charge is 0.573 e. The zero-order chi connectivity index (χ0) is 28.4. The normalized spacial score (nSPS) is 13.3. The summed E-state index contributed by atoms with van der Waals surface area (Å²) in [5, 5.41) is 2.29. The number of hydrogen-bond donors (Lipinski definition) is 0. The number of fused-ring (bicyclic) bond motifs is 2. The van der Waals surface area contributed by atoms with E-state index in [0.717, 1.165) is 4.47 Å². The van der Waals surface area contributed by atoms with Gasteiger partial charge in [0.05, 0.1) is 19.7 Å². The first-order valence-electron chi connectivity index (χ1n) is 11.8. The third-order valence-corrected chi connectivity index (χ3v) is 8.76. The van der Waals surface area contributed by atoms with Crippen LogP contribution in [-0.4, -0.2) is 14.8 Å². The van der Waals surface area contributed by atoms with Crippen molar-refractivity contribution in [3.8, 4) is 16.9 Å². The number of benzene rings is 4. The first-order valence-corrected chi connectivity index (χ1v) is 15.9. The molecule has 0 saturated heterocycles. The van der Waals surface area contributed by atoms with Gasteiger partial charge in [0, 0.05) is 21.2 Å². The summed E-state index contributed by atoms with van der Waals surface area (Å²) in [4.78, 5) is -0.0778. The molecule has 0 aliphatic heterocycles. The van der Waals surface area contributed by atoms with Gasteiger partial charge in [0.15, 0.2) is 0 Å². The molecule has 0 heterocycles. The van der Waals surface area contributed by atoms with E-state index in [1.54, 1.807) is 57.2 Å². The SMILES string of the molecule is CC(C)(C)c1cc2cc(Br)ccc2c(-c2c(S(=O)(=O)Br)c(C(C)(C)C)cc3ccccc23)c1OC(F)(F)F. The van der Waals surface area contributed by atoms with Crippen molar-refractivity contribution in [3.63, 3.8) is 0 Å². The first-order chi connectivity index (χ1) is 17.3. The van der Waals surface area contributed by atoms with Crippen LogP contribution < -0.4 is 4.74 Å². The summed E-state index contributed by atoms with van der Waals surface area (Å²) < 4.78 is 74.5. The predicted molar refractivity (Wildman–Crippen MR) is 155 cm³/mol. The van der Waals surface area contributed by atoms with Gasteiger partial charge >= 0.3 is 6.36 Å². The Morgan fingerprint density at radius 2 is 1.29 bits per heavy atom. The van der Waals surface area contributed by atoms with E-state index in [-0.39, 0.29) is 16.0 Å². The van der Waals surface area contributed by atoms with Crippen LogP contribution in [0.25, 0.3) is 32.7 Å². The molecule has 0 spiro atoms. The second-order valence-corrected chi connectivity index (χ2v) is 16.1. The predicted octanol–water partition coefficient (Wildman–Crippen LogP) is 10.00. The number of halogens is 5. The van der Waals surface area contributed by atoms with Gasteiger partial charge in [-0.2, -0.15) is 0 Å². The molecule has 0 aliphatic carbocycles. The maximum absolute atomic E-state index is 14.0. The van der Waals surface area contributed by atoms with Gasteiger partial charge in [0.2, 0.25) is 8.27 Å². The van der Waals surface area contributed by atoms with Crippen molar-refractivity contribution in [3.05, 3.63) is 70.2 Å². The molecule has 0 bridgehead atoms. The van der Waals surface area contributed by atoms with Gasteiger partial charge < -0.3 is 4.74 Å². The van der Waals surface area contributed by atoms with Crippen LogP contribution in [0, 0.1) is 0 Å². The molecule has 4 rings (SSSR count). The highest BCUT2D eigenvalue weighted by Gasteiger charge is 2.38. The van der Waals surface area contributed by atoms with Gasteiger partial charge in [-0.3, -0.25) is 0 Å². The molecular weight excluding hydrogens is 645 g/mol. The number of ether oxygens (including phenoxy) is 1. The summed E-state index contributed by atoms with van der Waals surface area (Å²) in [5.41, 5.74) is -0.386. The molecule has 38 heavy (non-hydrogen) atoms. The molecule has 0 radical (unpaired) electrons. The summed E-state index contributed by atoms with van der Waals surface area (Å²) >= 11 is 6.35. The van der Waals surface area contributed by atoms with E-state index in [1.165, 1.54) is 0 Å². The van der Waals surface area contributed by atoms with Crippen molar-refractivity contribution in [1.82, 2.24) is 0 Å². The Labute approximate surface area is 236 Å². The molecule has 0 aromatic heterocycles. The van der Waals surface area contributed by atoms with Crippen LogP contribution in [0.4, 0.5) is 13.2 Å². The van der Waals surface area contributed by atoms with E-state index in [0.29, 0.717) is 32.7 Å². The average molecular weight is 672 g/mol. The van der Waals surface area contributed by atoms with Gasteiger partial charge in [0.25, 0.3) is 0 Å². The standard InChI is InChI=1S/C29H27Br2F3O3S/c1-27(2,3)21-15-17-13-18(30)11-12-20(17)23(25(21)37-29(32,33)34)24-19-10-8-7-9-16(19)14-22(28(4,5)6)26(24)38(31,35)36/h7-15H,1-6H3. The molecule has 0 amide bonds. The molecule has 0 atom stereocenters. The Bertz CT molecular complexity index is 1680. The van der Waals surface area contributed by atoms with E-state index in [4.69, 9.17) is 4.74 Å². The van der Waals surface area contributed by atoms with E-state index in [9.17, 15) is 21.6 Å². The minimum Gasteiger partial charge on any atom is -0.405 e. The Balaban J connectivity index is 2.43. The molecule has 9 heteroatoms. The fourth-order valence-electron chi connectivity index (χ4n) is 4.77. The lowest BCUT2D eigenvalue weighted by Crippen LogP contribution is -2.23. The maximum atomic E-state index is 14.0. The van der Waals surface area contributed by atoms with E-state index < -0.39 is 31.2 Å². The monoisotopic (exact) mass is 670 g/mol. The number of alkyl halides is 3. The van der Waals surface area contributed by atoms with Gasteiger partial charge in [0.1, 0.15) is 5.75 Å². The van der Waals surface area contributed by atoms with Crippen molar-refractivity contribution in [1.29, 1.82) is 0 Å². The van der Waals surface area contributed by atoms with Crippen LogP contribution in [0.15, 0.2) is 64.0 Å². The average Bonchev–Trinajstić information content (AvgIpc) is 2.74. The first kappa shape index (κ1) is 28.9. The van der Waals surface area contributed by atoms with Gasteiger partial charge in [-0.25, -0.2) is 8.42 Å². The van der Waals surface area contributed by atoms with E-state index in [2.05, 4.69) is 30.7 Å². The fraction of sp³-hybridized carbons (Fsp3) is 0.310. The third kappa shape index (κ3) is 5.61. The van der Waals surface area contributed by atoms with E-state index in [1.807, 2.05) is 39.0 Å². The lowest BCUT2D eigenvalue weighted by molar-refractivity contribution is -0.274. The topological polar surface area (TPSA) is 43.4 Å². The molecule has 0 aliphatic rings. The van der Waals surface area contributed by atoms with Crippen molar-refractivity contribution in [2.45, 2.75) is 63.6 Å². The maximum Gasteiger partial charge on any atom is 0.573 e. The number of rotatable bonds is 3. The van der Waals surface area contributed by atoms with Crippen molar-refractivity contribution >= 4 is 60.6 Å². The summed E-state index contributed by atoms with van der Waals surface area (Å²) in [6, 6.07) is 15.8. The van der Waals surface area contributed by atoms with Crippen LogP contribution >= 0.6 is 30.7 Å². The van der Waals surface area contributed by atoms with Crippen molar-refractivity contribution < 1.29 is 26.3 Å². The Kier molecular flexibility index (Phi) is 7.24. The molecule has 3 nitrogen and oxygen atoms in total. The van der Waals surface area contributed by atoms with Crippen LogP contribution in [0.1, 0.15) is 52.7 Å². The molecule has 202 valence electrons. The molecule has 0 saturated carbocycles. The molecular formula is C29H27Br2F3O3S. The van der Waals surface area contributed by atoms with Crippen molar-refractivity contribution in [2.24, 2.45) is 0 Å². The second-order valence-electron chi connectivity index (χ2n) is 11.3. The summed E-state index contributed by atoms with van der Waals surface area (Å²) in [6.07, 6.45) is -5.01. The zero-order valence-electron chi connectivity index (χ0n) is 21.7. The lowest BCUT2D eigenvalue weighted by atomic mass is 9.79. The smallest absolute Gasteiger partial charge is 0.405 e. The van der Waals surface area contributed by atoms with Gasteiger partial charge in [-0.1, -0.05) is 87.8 Å². The third-order valence-electron chi connectivity index (χ3n) is 6.38. The van der Waals surface area contributed by atoms with Crippen LogP contribution in [0.3, 0.4) is 0 Å². The second kappa shape index (κ2) is 9.52. The molecule has 0 N–H and O–H groups in total. The highest BCUT2D eigenvalue weighted by molar-refractivity contribution is 9.47. The highest BCUT2D eigenvalue weighted by Crippen LogP contribution is 2.52. The molecule has 0 unspecified atom stereocenters. The summed E-state index contributed by atoms with van der Waals surface area (Å²) in [5.74, 6) is -0.409. The fourth-order valence-corrected chi connectivity index (χ4v) is 7.24. The van der Waals surface area contributed by atoms with Crippen LogP contribution in [0.5, 0.6) is 5.75 Å². The van der Waals surface area contributed by atoms with Gasteiger partial charge in [-0.15, -0.1) is 13.2 Å². The quantitative estimate of drug-likeness (QED) is 0.204. The number of hydrogen-bond acceptors (Lipinski definition) is 3. The van der Waals surface area contributed by atoms with E-state index >= 15 is 0 Å². The molecule has 0 fully saturated rings. The summed E-state index contributed by atoms with van der Waals surface area (Å²) in [7, 11) is -4.11. The van der Waals surface area contributed by atoms with Crippen LogP contribution in [0.2, 0.25) is 0 Å². The minimum atomic E-state index is -5.01. The Morgan fingerprint density at radius 1 is 0.737 bits per heavy atom.